The van der Waals surface area contributed by atoms with Crippen molar-refractivity contribution in [2.45, 2.75) is 51.9 Å². The fourth-order valence-corrected chi connectivity index (χ4v) is 3.68. The number of carbonyl (C=O) groups excluding carboxylic acids is 2. The van der Waals surface area contributed by atoms with Gasteiger partial charge >= 0.3 is 6.09 Å². The number of benzene rings is 3. The molecule has 3 rings (SSSR count). The van der Waals surface area contributed by atoms with Gasteiger partial charge in [0.2, 0.25) is 5.91 Å². The molecule has 2 amide bonds. The predicted octanol–water partition coefficient (Wildman–Crippen LogP) is 5.26. The number of carbonyl (C=O) groups is 2. The molecule has 36 heavy (non-hydrogen) atoms. The first-order valence-corrected chi connectivity index (χ1v) is 11.7. The highest BCUT2D eigenvalue weighted by Crippen LogP contribution is 2.17. The molecule has 0 aliphatic rings. The number of rotatable bonds is 9. The van der Waals surface area contributed by atoms with E-state index in [0.717, 1.165) is 11.1 Å². The first kappa shape index (κ1) is 26.4. The summed E-state index contributed by atoms with van der Waals surface area (Å²) in [6, 6.07) is 24.2. The van der Waals surface area contributed by atoms with E-state index in [2.05, 4.69) is 5.32 Å². The van der Waals surface area contributed by atoms with Gasteiger partial charge in [0, 0.05) is 31.6 Å². The standard InChI is InChI=1S/C28H31N3O5/c1-28(2,3)36-27(33)29-25(18-21-14-16-24(17-15-21)31(34)35)26(32)30(19-22-10-6-4-7-11-22)20-23-12-8-5-9-13-23/h4-17,25H,18-20H2,1-3H3,(H,29,33). The average Bonchev–Trinajstić information content (AvgIpc) is 2.83. The maximum absolute atomic E-state index is 13.9. The minimum absolute atomic E-state index is 0.0449. The van der Waals surface area contributed by atoms with Crippen molar-refractivity contribution in [3.63, 3.8) is 0 Å². The van der Waals surface area contributed by atoms with Gasteiger partial charge in [-0.15, -0.1) is 0 Å². The van der Waals surface area contributed by atoms with Crippen LogP contribution in [0.25, 0.3) is 0 Å². The van der Waals surface area contributed by atoms with Crippen molar-refractivity contribution >= 4 is 17.7 Å². The van der Waals surface area contributed by atoms with Gasteiger partial charge in [-0.05, 0) is 37.5 Å². The van der Waals surface area contributed by atoms with Gasteiger partial charge in [0.05, 0.1) is 4.92 Å². The van der Waals surface area contributed by atoms with Crippen LogP contribution in [0.2, 0.25) is 0 Å². The Bertz CT molecular complexity index is 1120. The summed E-state index contributed by atoms with van der Waals surface area (Å²) in [5.74, 6) is -0.285. The van der Waals surface area contributed by atoms with Gasteiger partial charge < -0.3 is 15.0 Å². The molecule has 8 heteroatoms. The third-order valence-electron chi connectivity index (χ3n) is 5.32. The Morgan fingerprint density at radius 3 is 1.81 bits per heavy atom. The second kappa shape index (κ2) is 12.0. The Kier molecular flexibility index (Phi) is 8.78. The van der Waals surface area contributed by atoms with Crippen LogP contribution in [0.3, 0.4) is 0 Å². The van der Waals surface area contributed by atoms with Gasteiger partial charge in [-0.1, -0.05) is 72.8 Å². The predicted molar refractivity (Wildman–Crippen MR) is 137 cm³/mol. The topological polar surface area (TPSA) is 102 Å². The SMILES string of the molecule is CC(C)(C)OC(=O)NC(Cc1ccc([N+](=O)[O-])cc1)C(=O)N(Cc1ccccc1)Cc1ccccc1. The summed E-state index contributed by atoms with van der Waals surface area (Å²) in [5, 5.41) is 13.8. The smallest absolute Gasteiger partial charge is 0.408 e. The van der Waals surface area contributed by atoms with Crippen LogP contribution in [0.4, 0.5) is 10.5 Å². The largest absolute Gasteiger partial charge is 0.444 e. The van der Waals surface area contributed by atoms with Crippen LogP contribution in [0.15, 0.2) is 84.9 Å². The van der Waals surface area contributed by atoms with Gasteiger partial charge in [0.1, 0.15) is 11.6 Å². The molecule has 0 aliphatic carbocycles. The Morgan fingerprint density at radius 2 is 1.36 bits per heavy atom. The molecule has 0 fully saturated rings. The normalized spacial score (nSPS) is 11.9. The van der Waals surface area contributed by atoms with E-state index < -0.39 is 22.7 Å². The molecule has 1 atom stereocenters. The number of ether oxygens (including phenoxy) is 1. The third kappa shape index (κ3) is 8.23. The Morgan fingerprint density at radius 1 is 0.861 bits per heavy atom. The second-order valence-electron chi connectivity index (χ2n) is 9.49. The fourth-order valence-electron chi connectivity index (χ4n) is 3.68. The van der Waals surface area contributed by atoms with Crippen molar-refractivity contribution in [1.82, 2.24) is 10.2 Å². The number of alkyl carbamates (subject to hydrolysis) is 1. The van der Waals surface area contributed by atoms with Crippen molar-refractivity contribution in [3.05, 3.63) is 112 Å². The highest BCUT2D eigenvalue weighted by molar-refractivity contribution is 5.86. The van der Waals surface area contributed by atoms with E-state index in [-0.39, 0.29) is 18.0 Å². The van der Waals surface area contributed by atoms with E-state index in [1.165, 1.54) is 12.1 Å². The van der Waals surface area contributed by atoms with Crippen LogP contribution >= 0.6 is 0 Å². The van der Waals surface area contributed by atoms with Crippen molar-refractivity contribution in [1.29, 1.82) is 0 Å². The van der Waals surface area contributed by atoms with Crippen LogP contribution in [-0.4, -0.2) is 33.5 Å². The summed E-state index contributed by atoms with van der Waals surface area (Å²) in [6.45, 7) is 5.94. The van der Waals surface area contributed by atoms with E-state index in [1.807, 2.05) is 60.7 Å². The maximum Gasteiger partial charge on any atom is 0.408 e. The number of hydrogen-bond acceptors (Lipinski definition) is 5. The number of nitrogens with one attached hydrogen (secondary N) is 1. The van der Waals surface area contributed by atoms with Gasteiger partial charge in [0.25, 0.3) is 5.69 Å². The number of hydrogen-bond donors (Lipinski definition) is 1. The minimum Gasteiger partial charge on any atom is -0.444 e. The molecule has 0 aromatic heterocycles. The van der Waals surface area contributed by atoms with E-state index in [9.17, 15) is 19.7 Å². The molecule has 0 heterocycles. The molecule has 1 N–H and O–H groups in total. The van der Waals surface area contributed by atoms with Gasteiger partial charge in [-0.2, -0.15) is 0 Å². The molecular weight excluding hydrogens is 458 g/mol. The number of non-ortho nitro benzene ring substituents is 1. The molecule has 0 aliphatic heterocycles. The second-order valence-corrected chi connectivity index (χ2v) is 9.49. The molecule has 0 saturated heterocycles. The molecule has 1 unspecified atom stereocenters. The van der Waals surface area contributed by atoms with Crippen molar-refractivity contribution < 1.29 is 19.2 Å². The van der Waals surface area contributed by atoms with Crippen LogP contribution in [0.5, 0.6) is 0 Å². The lowest BCUT2D eigenvalue weighted by Crippen LogP contribution is -2.50. The highest BCUT2D eigenvalue weighted by Gasteiger charge is 2.29. The molecule has 188 valence electrons. The third-order valence-corrected chi connectivity index (χ3v) is 5.32. The first-order valence-electron chi connectivity index (χ1n) is 11.7. The number of nitrogens with zero attached hydrogens (tertiary/aromatic N) is 2. The van der Waals surface area contributed by atoms with E-state index in [4.69, 9.17) is 4.74 Å². The molecule has 0 radical (unpaired) electrons. The van der Waals surface area contributed by atoms with Crippen LogP contribution in [0.1, 0.15) is 37.5 Å². The minimum atomic E-state index is -0.936. The summed E-state index contributed by atoms with van der Waals surface area (Å²) in [7, 11) is 0. The molecule has 3 aromatic rings. The zero-order valence-electron chi connectivity index (χ0n) is 20.7. The van der Waals surface area contributed by atoms with E-state index in [0.29, 0.717) is 18.7 Å². The molecule has 0 spiro atoms. The highest BCUT2D eigenvalue weighted by atomic mass is 16.6. The summed E-state index contributed by atoms with van der Waals surface area (Å²) in [4.78, 5) is 38.8. The average molecular weight is 490 g/mol. The van der Waals surface area contributed by atoms with Gasteiger partial charge in [0.15, 0.2) is 0 Å². The van der Waals surface area contributed by atoms with Gasteiger partial charge in [-0.25, -0.2) is 4.79 Å². The zero-order valence-corrected chi connectivity index (χ0v) is 20.7. The zero-order chi connectivity index (χ0) is 26.1. The molecule has 3 aromatic carbocycles. The summed E-state index contributed by atoms with van der Waals surface area (Å²) in [5.41, 5.74) is 1.80. The van der Waals surface area contributed by atoms with Crippen LogP contribution < -0.4 is 5.32 Å². The van der Waals surface area contributed by atoms with Crippen molar-refractivity contribution in [2.75, 3.05) is 0 Å². The number of amides is 2. The van der Waals surface area contributed by atoms with Crippen molar-refractivity contribution in [2.24, 2.45) is 0 Å². The molecular formula is C28H31N3O5. The lowest BCUT2D eigenvalue weighted by atomic mass is 10.0. The monoisotopic (exact) mass is 489 g/mol. The lowest BCUT2D eigenvalue weighted by molar-refractivity contribution is -0.384. The summed E-state index contributed by atoms with van der Waals surface area (Å²) < 4.78 is 5.41. The van der Waals surface area contributed by atoms with Gasteiger partial charge in [-0.3, -0.25) is 14.9 Å². The number of nitro benzene ring substituents is 1. The van der Waals surface area contributed by atoms with Crippen molar-refractivity contribution in [3.8, 4) is 0 Å². The Hall–Kier alpha value is -4.20. The Labute approximate surface area is 211 Å². The summed E-state index contributed by atoms with van der Waals surface area (Å²) in [6.07, 6.45) is -0.557. The maximum atomic E-state index is 13.9. The Balaban J connectivity index is 1.89. The lowest BCUT2D eigenvalue weighted by Gasteiger charge is -2.29. The fraction of sp³-hybridized carbons (Fsp3) is 0.286. The van der Waals surface area contributed by atoms with E-state index in [1.54, 1.807) is 37.8 Å². The van der Waals surface area contributed by atoms with Crippen LogP contribution in [-0.2, 0) is 29.0 Å². The summed E-state index contributed by atoms with van der Waals surface area (Å²) >= 11 is 0. The first-order chi connectivity index (χ1) is 17.1. The van der Waals surface area contributed by atoms with E-state index >= 15 is 0 Å². The van der Waals surface area contributed by atoms with Crippen LogP contribution in [0, 0.1) is 10.1 Å². The molecule has 8 nitrogen and oxygen atoms in total. The quantitative estimate of drug-likeness (QED) is 0.326. The molecule has 0 bridgehead atoms. The number of nitro groups is 1. The molecule has 0 saturated carbocycles.